The Kier molecular flexibility index (Phi) is 3.06. The van der Waals surface area contributed by atoms with Crippen LogP contribution in [0.4, 0.5) is 5.13 Å². The lowest BCUT2D eigenvalue weighted by Gasteiger charge is -2.04. The molecule has 5 nitrogen and oxygen atoms in total. The molecular formula is C9H12N4OS2. The van der Waals surface area contributed by atoms with E-state index in [1.54, 1.807) is 11.3 Å². The van der Waals surface area contributed by atoms with Crippen LogP contribution in [0.2, 0.25) is 0 Å². The van der Waals surface area contributed by atoms with Crippen molar-refractivity contribution in [2.75, 3.05) is 19.0 Å². The van der Waals surface area contributed by atoms with Gasteiger partial charge in [0, 0.05) is 14.1 Å². The third-order valence-corrected chi connectivity index (χ3v) is 3.46. The summed E-state index contributed by atoms with van der Waals surface area (Å²) in [5, 5.41) is 7.58. The number of aromatic nitrogens is 3. The maximum Gasteiger partial charge on any atom is 0.284 e. The van der Waals surface area contributed by atoms with Gasteiger partial charge in [-0.1, -0.05) is 18.3 Å². The first kappa shape index (κ1) is 11.3. The number of aryl methyl sites for hydroxylation is 1. The van der Waals surface area contributed by atoms with E-state index in [0.29, 0.717) is 5.89 Å². The van der Waals surface area contributed by atoms with Crippen LogP contribution >= 0.6 is 23.6 Å². The van der Waals surface area contributed by atoms with Crippen LogP contribution in [0.15, 0.2) is 4.42 Å². The van der Waals surface area contributed by atoms with Crippen LogP contribution in [-0.4, -0.2) is 29.3 Å². The van der Waals surface area contributed by atoms with E-state index in [4.69, 9.17) is 16.6 Å². The highest BCUT2D eigenvalue weighted by molar-refractivity contribution is 7.71. The van der Waals surface area contributed by atoms with Gasteiger partial charge >= 0.3 is 0 Å². The number of aromatic amines is 1. The van der Waals surface area contributed by atoms with Gasteiger partial charge in [0.05, 0.1) is 5.69 Å². The van der Waals surface area contributed by atoms with Crippen LogP contribution in [-0.2, 0) is 6.42 Å². The zero-order chi connectivity index (χ0) is 11.7. The molecule has 0 unspecified atom stereocenters. The Labute approximate surface area is 102 Å². The first-order valence-corrected chi connectivity index (χ1v) is 6.07. The summed E-state index contributed by atoms with van der Waals surface area (Å²) in [7, 11) is 3.92. The van der Waals surface area contributed by atoms with Gasteiger partial charge in [0.1, 0.15) is 4.88 Å². The van der Waals surface area contributed by atoms with Gasteiger partial charge in [-0.3, -0.25) is 0 Å². The lowest BCUT2D eigenvalue weighted by molar-refractivity contribution is 0.552. The predicted octanol–water partition coefficient (Wildman–Crippen LogP) is 2.48. The number of hydrogen-bond donors (Lipinski definition) is 1. The van der Waals surface area contributed by atoms with E-state index in [0.717, 1.165) is 22.1 Å². The third kappa shape index (κ3) is 2.00. The minimum atomic E-state index is 0.289. The maximum atomic E-state index is 5.31. The Balaban J connectivity index is 2.51. The van der Waals surface area contributed by atoms with Gasteiger partial charge in [-0.05, 0) is 18.6 Å². The highest BCUT2D eigenvalue weighted by atomic mass is 32.1. The summed E-state index contributed by atoms with van der Waals surface area (Å²) in [5.41, 5.74) is 0.985. The van der Waals surface area contributed by atoms with Crippen molar-refractivity contribution < 1.29 is 4.42 Å². The summed E-state index contributed by atoms with van der Waals surface area (Å²) in [6, 6.07) is 0. The third-order valence-electron chi connectivity index (χ3n) is 2.04. The minimum absolute atomic E-state index is 0.289. The predicted molar refractivity (Wildman–Crippen MR) is 66.5 cm³/mol. The molecule has 0 fully saturated rings. The van der Waals surface area contributed by atoms with Gasteiger partial charge in [-0.2, -0.15) is 0 Å². The zero-order valence-electron chi connectivity index (χ0n) is 9.27. The van der Waals surface area contributed by atoms with Gasteiger partial charge in [-0.15, -0.1) is 5.10 Å². The van der Waals surface area contributed by atoms with Gasteiger partial charge in [-0.25, -0.2) is 10.1 Å². The zero-order valence-corrected chi connectivity index (χ0v) is 10.9. The molecule has 0 aliphatic heterocycles. The molecule has 86 valence electrons. The van der Waals surface area contributed by atoms with Crippen molar-refractivity contribution >= 4 is 28.7 Å². The Morgan fingerprint density at radius 2 is 2.25 bits per heavy atom. The topological polar surface area (TPSA) is 58.0 Å². The van der Waals surface area contributed by atoms with Gasteiger partial charge < -0.3 is 9.32 Å². The molecule has 1 N–H and O–H groups in total. The Morgan fingerprint density at radius 1 is 1.50 bits per heavy atom. The molecule has 2 aromatic heterocycles. The smallest absolute Gasteiger partial charge is 0.284 e. The molecule has 0 saturated carbocycles. The molecule has 0 aliphatic rings. The van der Waals surface area contributed by atoms with Gasteiger partial charge in [0.25, 0.3) is 10.7 Å². The van der Waals surface area contributed by atoms with Crippen molar-refractivity contribution in [3.8, 4) is 10.8 Å². The van der Waals surface area contributed by atoms with E-state index in [1.807, 2.05) is 19.0 Å². The second-order valence-corrected chi connectivity index (χ2v) is 4.79. The molecule has 16 heavy (non-hydrogen) atoms. The quantitative estimate of drug-likeness (QED) is 0.855. The largest absolute Gasteiger partial charge is 0.408 e. The molecule has 0 amide bonds. The van der Waals surface area contributed by atoms with Gasteiger partial charge in [0.15, 0.2) is 5.13 Å². The van der Waals surface area contributed by atoms with Crippen molar-refractivity contribution in [2.45, 2.75) is 13.3 Å². The van der Waals surface area contributed by atoms with E-state index in [-0.39, 0.29) is 4.84 Å². The van der Waals surface area contributed by atoms with Crippen LogP contribution in [0.25, 0.3) is 10.8 Å². The van der Waals surface area contributed by atoms with Gasteiger partial charge in [0.2, 0.25) is 0 Å². The van der Waals surface area contributed by atoms with Crippen LogP contribution in [0.1, 0.15) is 12.6 Å². The molecule has 0 atom stereocenters. The number of H-pyrrole nitrogens is 1. The molecule has 2 aromatic rings. The standard InChI is InChI=1S/C9H12N4OS2/c1-4-5-6(7-11-12-9(15)14-7)16-8(10-5)13(2)3/h4H2,1-3H3,(H,12,15). The molecule has 0 saturated heterocycles. The number of nitrogens with zero attached hydrogens (tertiary/aromatic N) is 3. The molecular weight excluding hydrogens is 244 g/mol. The first-order chi connectivity index (χ1) is 7.61. The maximum absolute atomic E-state index is 5.31. The minimum Gasteiger partial charge on any atom is -0.408 e. The Hall–Kier alpha value is -1.21. The van der Waals surface area contributed by atoms with Crippen LogP contribution in [0.3, 0.4) is 0 Å². The van der Waals surface area contributed by atoms with Crippen molar-refractivity contribution in [3.05, 3.63) is 10.5 Å². The average molecular weight is 256 g/mol. The molecule has 2 heterocycles. The number of anilines is 1. The highest BCUT2D eigenvalue weighted by Crippen LogP contribution is 2.33. The van der Waals surface area contributed by atoms with Crippen LogP contribution in [0.5, 0.6) is 0 Å². The monoisotopic (exact) mass is 256 g/mol. The van der Waals surface area contributed by atoms with Crippen LogP contribution < -0.4 is 4.90 Å². The summed E-state index contributed by atoms with van der Waals surface area (Å²) in [5.74, 6) is 0.521. The fourth-order valence-electron chi connectivity index (χ4n) is 1.26. The summed E-state index contributed by atoms with van der Waals surface area (Å²) in [4.78, 5) is 7.71. The van der Waals surface area contributed by atoms with E-state index in [2.05, 4.69) is 22.1 Å². The van der Waals surface area contributed by atoms with E-state index >= 15 is 0 Å². The molecule has 7 heteroatoms. The number of rotatable bonds is 3. The molecule has 0 aromatic carbocycles. The first-order valence-electron chi connectivity index (χ1n) is 4.84. The molecule has 0 aliphatic carbocycles. The summed E-state index contributed by atoms with van der Waals surface area (Å²) >= 11 is 6.41. The number of nitrogens with one attached hydrogen (secondary N) is 1. The van der Waals surface area contributed by atoms with Crippen molar-refractivity contribution in [1.82, 2.24) is 15.2 Å². The normalized spacial score (nSPS) is 10.7. The molecule has 0 spiro atoms. The molecule has 0 radical (unpaired) electrons. The summed E-state index contributed by atoms with van der Waals surface area (Å²) in [6.45, 7) is 2.05. The second kappa shape index (κ2) is 4.34. The fourth-order valence-corrected chi connectivity index (χ4v) is 2.39. The summed E-state index contributed by atoms with van der Waals surface area (Å²) < 4.78 is 5.31. The summed E-state index contributed by atoms with van der Waals surface area (Å²) in [6.07, 6.45) is 0.842. The second-order valence-electron chi connectivity index (χ2n) is 3.44. The van der Waals surface area contributed by atoms with Crippen molar-refractivity contribution in [1.29, 1.82) is 0 Å². The van der Waals surface area contributed by atoms with E-state index < -0.39 is 0 Å². The van der Waals surface area contributed by atoms with E-state index in [9.17, 15) is 0 Å². The molecule has 0 bridgehead atoms. The van der Waals surface area contributed by atoms with Crippen molar-refractivity contribution in [3.63, 3.8) is 0 Å². The molecule has 2 rings (SSSR count). The Morgan fingerprint density at radius 3 is 2.75 bits per heavy atom. The number of thiazole rings is 1. The van der Waals surface area contributed by atoms with Crippen molar-refractivity contribution in [2.24, 2.45) is 0 Å². The number of hydrogen-bond acceptors (Lipinski definition) is 6. The lowest BCUT2D eigenvalue weighted by Crippen LogP contribution is -2.07. The fraction of sp³-hybridized carbons (Fsp3) is 0.444. The Bertz CT molecular complexity index is 540. The highest BCUT2D eigenvalue weighted by Gasteiger charge is 2.16. The average Bonchev–Trinajstić information content (AvgIpc) is 2.82. The van der Waals surface area contributed by atoms with Crippen LogP contribution in [0, 0.1) is 4.84 Å². The van der Waals surface area contributed by atoms with E-state index in [1.165, 1.54) is 0 Å². The lowest BCUT2D eigenvalue weighted by atomic mass is 10.3. The SMILES string of the molecule is CCc1nc(N(C)C)sc1-c1n[nH]c(=S)o1.